The molecule has 4 nitrogen and oxygen atoms in total. The molecule has 3 rings (SSSR count). The van der Waals surface area contributed by atoms with Crippen LogP contribution in [-0.2, 0) is 5.75 Å². The average Bonchev–Trinajstić information content (AvgIpc) is 3.13. The van der Waals surface area contributed by atoms with Crippen LogP contribution in [0.2, 0.25) is 0 Å². The predicted octanol–water partition coefficient (Wildman–Crippen LogP) is 3.51. The van der Waals surface area contributed by atoms with E-state index < -0.39 is 0 Å². The zero-order valence-corrected chi connectivity index (χ0v) is 13.1. The maximum absolute atomic E-state index is 5.82. The smallest absolute Gasteiger partial charge is 0.230 e. The van der Waals surface area contributed by atoms with Crippen LogP contribution in [0.3, 0.4) is 0 Å². The summed E-state index contributed by atoms with van der Waals surface area (Å²) in [6.07, 6.45) is 3.51. The first-order valence-corrected chi connectivity index (χ1v) is 8.47. The van der Waals surface area contributed by atoms with E-state index >= 15 is 0 Å². The molecule has 2 N–H and O–H groups in total. The van der Waals surface area contributed by atoms with E-state index in [4.69, 9.17) is 10.3 Å². The topological polar surface area (TPSA) is 64.9 Å². The van der Waals surface area contributed by atoms with Crippen LogP contribution in [-0.4, -0.2) is 16.7 Å². The second kappa shape index (κ2) is 6.62. The van der Waals surface area contributed by atoms with E-state index in [0.717, 1.165) is 23.9 Å². The lowest BCUT2D eigenvalue weighted by atomic mass is 9.96. The van der Waals surface area contributed by atoms with Crippen molar-refractivity contribution in [3.8, 4) is 0 Å². The number of rotatable bonds is 5. The summed E-state index contributed by atoms with van der Waals surface area (Å²) in [5.74, 6) is 3.16. The van der Waals surface area contributed by atoms with Gasteiger partial charge < -0.3 is 10.3 Å². The molecule has 1 aromatic carbocycles. The monoisotopic (exact) mass is 303 g/mol. The van der Waals surface area contributed by atoms with Crippen LogP contribution in [0.1, 0.15) is 42.5 Å². The van der Waals surface area contributed by atoms with Gasteiger partial charge >= 0.3 is 0 Å². The molecule has 1 heterocycles. The molecule has 5 heteroatoms. The SMILES string of the molecule is Cc1cccc(SCc2noc(C3CCCC3CN)n2)c1. The quantitative estimate of drug-likeness (QED) is 0.856. The van der Waals surface area contributed by atoms with Gasteiger partial charge in [-0.05, 0) is 44.4 Å². The summed E-state index contributed by atoms with van der Waals surface area (Å²) in [6, 6.07) is 8.46. The minimum Gasteiger partial charge on any atom is -0.339 e. The third-order valence-electron chi connectivity index (χ3n) is 4.12. The molecule has 21 heavy (non-hydrogen) atoms. The Morgan fingerprint density at radius 1 is 1.38 bits per heavy atom. The summed E-state index contributed by atoms with van der Waals surface area (Å²) in [5, 5.41) is 4.12. The van der Waals surface area contributed by atoms with Crippen molar-refractivity contribution in [3.05, 3.63) is 41.5 Å². The third-order valence-corrected chi connectivity index (χ3v) is 5.11. The predicted molar refractivity (Wildman–Crippen MR) is 84.2 cm³/mol. The fraction of sp³-hybridized carbons (Fsp3) is 0.500. The number of hydrogen-bond acceptors (Lipinski definition) is 5. The van der Waals surface area contributed by atoms with Crippen LogP contribution in [0, 0.1) is 12.8 Å². The van der Waals surface area contributed by atoms with Gasteiger partial charge in [-0.25, -0.2) is 0 Å². The molecule has 1 aliphatic rings. The molecule has 0 saturated heterocycles. The van der Waals surface area contributed by atoms with E-state index in [2.05, 4.69) is 41.3 Å². The van der Waals surface area contributed by atoms with Gasteiger partial charge in [0.2, 0.25) is 5.89 Å². The second-order valence-electron chi connectivity index (χ2n) is 5.69. The van der Waals surface area contributed by atoms with Gasteiger partial charge in [-0.1, -0.05) is 29.3 Å². The Hall–Kier alpha value is -1.33. The molecule has 0 bridgehead atoms. The van der Waals surface area contributed by atoms with Crippen LogP contribution < -0.4 is 5.73 Å². The lowest BCUT2D eigenvalue weighted by Gasteiger charge is -2.12. The fourth-order valence-corrected chi connectivity index (χ4v) is 3.83. The standard InChI is InChI=1S/C16H21N3OS/c1-11-4-2-6-13(8-11)21-10-15-18-16(20-19-15)14-7-3-5-12(14)9-17/h2,4,6,8,12,14H,3,5,7,9-10,17H2,1H3. The van der Waals surface area contributed by atoms with Crippen molar-refractivity contribution in [2.24, 2.45) is 11.7 Å². The lowest BCUT2D eigenvalue weighted by molar-refractivity contribution is 0.324. The molecule has 0 amide bonds. The minimum absolute atomic E-state index is 0.361. The van der Waals surface area contributed by atoms with E-state index in [1.807, 2.05) is 0 Å². The number of aromatic nitrogens is 2. The van der Waals surface area contributed by atoms with Gasteiger partial charge in [-0.3, -0.25) is 0 Å². The van der Waals surface area contributed by atoms with E-state index in [0.29, 0.717) is 18.4 Å². The normalized spacial score (nSPS) is 21.8. The second-order valence-corrected chi connectivity index (χ2v) is 6.74. The zero-order valence-electron chi connectivity index (χ0n) is 12.3. The number of aryl methyl sites for hydroxylation is 1. The highest BCUT2D eigenvalue weighted by Crippen LogP contribution is 2.38. The summed E-state index contributed by atoms with van der Waals surface area (Å²) in [4.78, 5) is 5.81. The van der Waals surface area contributed by atoms with Gasteiger partial charge in [0.15, 0.2) is 5.82 Å². The Balaban J connectivity index is 1.63. The highest BCUT2D eigenvalue weighted by atomic mass is 32.2. The van der Waals surface area contributed by atoms with E-state index in [-0.39, 0.29) is 0 Å². The van der Waals surface area contributed by atoms with E-state index in [9.17, 15) is 0 Å². The molecule has 1 aromatic heterocycles. The molecule has 1 fully saturated rings. The zero-order chi connectivity index (χ0) is 14.7. The van der Waals surface area contributed by atoms with Crippen LogP contribution in [0.25, 0.3) is 0 Å². The Kier molecular flexibility index (Phi) is 4.60. The first kappa shape index (κ1) is 14.6. The Morgan fingerprint density at radius 2 is 2.29 bits per heavy atom. The molecule has 2 unspecified atom stereocenters. The third kappa shape index (κ3) is 3.47. The lowest BCUT2D eigenvalue weighted by Crippen LogP contribution is -2.17. The van der Waals surface area contributed by atoms with Crippen LogP contribution in [0.5, 0.6) is 0 Å². The molecule has 0 spiro atoms. The summed E-state index contributed by atoms with van der Waals surface area (Å²) in [7, 11) is 0. The summed E-state index contributed by atoms with van der Waals surface area (Å²) in [6.45, 7) is 2.81. The Labute approximate surface area is 129 Å². The number of hydrogen-bond donors (Lipinski definition) is 1. The highest BCUT2D eigenvalue weighted by Gasteiger charge is 2.31. The summed E-state index contributed by atoms with van der Waals surface area (Å²) < 4.78 is 5.46. The van der Waals surface area contributed by atoms with Crippen LogP contribution >= 0.6 is 11.8 Å². The molecule has 2 aromatic rings. The van der Waals surface area contributed by atoms with Crippen LogP contribution in [0.4, 0.5) is 0 Å². The minimum atomic E-state index is 0.361. The number of nitrogens with two attached hydrogens (primary N) is 1. The molecule has 1 aliphatic carbocycles. The molecule has 1 saturated carbocycles. The van der Waals surface area contributed by atoms with Crippen molar-refractivity contribution < 1.29 is 4.52 Å². The van der Waals surface area contributed by atoms with Gasteiger partial charge in [0.1, 0.15) is 0 Å². The van der Waals surface area contributed by atoms with Crippen molar-refractivity contribution in [2.75, 3.05) is 6.54 Å². The number of thioether (sulfide) groups is 1. The van der Waals surface area contributed by atoms with Gasteiger partial charge in [-0.15, -0.1) is 11.8 Å². The van der Waals surface area contributed by atoms with E-state index in [1.54, 1.807) is 11.8 Å². The average molecular weight is 303 g/mol. The summed E-state index contributed by atoms with van der Waals surface area (Å²) in [5.41, 5.74) is 7.09. The van der Waals surface area contributed by atoms with Gasteiger partial charge in [0, 0.05) is 10.8 Å². The van der Waals surface area contributed by atoms with E-state index in [1.165, 1.54) is 23.3 Å². The van der Waals surface area contributed by atoms with Crippen molar-refractivity contribution in [1.29, 1.82) is 0 Å². The maximum Gasteiger partial charge on any atom is 0.230 e. The maximum atomic E-state index is 5.82. The van der Waals surface area contributed by atoms with Crippen LogP contribution in [0.15, 0.2) is 33.7 Å². The Bertz CT molecular complexity index is 599. The molecular formula is C16H21N3OS. The molecule has 0 aliphatic heterocycles. The first-order valence-electron chi connectivity index (χ1n) is 7.48. The Morgan fingerprint density at radius 3 is 3.10 bits per heavy atom. The number of nitrogens with zero attached hydrogens (tertiary/aromatic N) is 2. The fourth-order valence-electron chi connectivity index (χ4n) is 2.97. The molecule has 112 valence electrons. The molecule has 0 radical (unpaired) electrons. The summed E-state index contributed by atoms with van der Waals surface area (Å²) >= 11 is 1.74. The number of benzene rings is 1. The molecule has 2 atom stereocenters. The van der Waals surface area contributed by atoms with Crippen molar-refractivity contribution in [1.82, 2.24) is 10.1 Å². The van der Waals surface area contributed by atoms with Gasteiger partial charge in [0.25, 0.3) is 0 Å². The van der Waals surface area contributed by atoms with Gasteiger partial charge in [0.05, 0.1) is 5.75 Å². The largest absolute Gasteiger partial charge is 0.339 e. The van der Waals surface area contributed by atoms with Gasteiger partial charge in [-0.2, -0.15) is 4.98 Å². The van der Waals surface area contributed by atoms with Crippen molar-refractivity contribution in [2.45, 2.75) is 42.8 Å². The first-order chi connectivity index (χ1) is 10.3. The van der Waals surface area contributed by atoms with Crippen molar-refractivity contribution in [3.63, 3.8) is 0 Å². The highest BCUT2D eigenvalue weighted by molar-refractivity contribution is 7.98. The molecular weight excluding hydrogens is 282 g/mol. The van der Waals surface area contributed by atoms with Crippen molar-refractivity contribution >= 4 is 11.8 Å².